The summed E-state index contributed by atoms with van der Waals surface area (Å²) >= 11 is 0. The summed E-state index contributed by atoms with van der Waals surface area (Å²) in [6.07, 6.45) is 4.01. The lowest BCUT2D eigenvalue weighted by atomic mass is 9.75. The molecule has 4 aliphatic heterocycles. The number of rotatable bonds is 2. The highest BCUT2D eigenvalue weighted by Gasteiger charge is 2.54. The molecule has 0 aliphatic carbocycles. The Morgan fingerprint density at radius 1 is 1.04 bits per heavy atom. The number of likely N-dealkylation sites (tertiary alicyclic amines) is 1. The summed E-state index contributed by atoms with van der Waals surface area (Å²) < 4.78 is 1.49. The number of benzene rings is 1. The number of pyridine rings is 1. The van der Waals surface area contributed by atoms with Crippen molar-refractivity contribution < 1.29 is 4.79 Å². The van der Waals surface area contributed by atoms with E-state index in [0.717, 1.165) is 25.9 Å². The number of piperidine rings is 3. The normalized spacial score (nSPS) is 31.1. The molecule has 146 valence electrons. The van der Waals surface area contributed by atoms with Crippen LogP contribution in [0.5, 0.6) is 0 Å². The maximum atomic E-state index is 13.5. The van der Waals surface area contributed by atoms with Crippen LogP contribution in [0.2, 0.25) is 0 Å². The van der Waals surface area contributed by atoms with E-state index in [1.165, 1.54) is 15.7 Å². The molecule has 4 fully saturated rings. The second-order valence-electron chi connectivity index (χ2n) is 8.67. The summed E-state index contributed by atoms with van der Waals surface area (Å²) in [5.74, 6) is 0.756. The van der Waals surface area contributed by atoms with Crippen molar-refractivity contribution in [3.05, 3.63) is 69.6 Å². The number of aryl methyl sites for hydroxylation is 2. The summed E-state index contributed by atoms with van der Waals surface area (Å²) in [5.41, 5.74) is 2.66. The van der Waals surface area contributed by atoms with Crippen molar-refractivity contribution in [1.82, 2.24) is 14.4 Å². The van der Waals surface area contributed by atoms with Gasteiger partial charge >= 0.3 is 0 Å². The quantitative estimate of drug-likeness (QED) is 0.807. The average molecular weight is 377 g/mol. The van der Waals surface area contributed by atoms with Gasteiger partial charge in [0.05, 0.1) is 6.04 Å². The van der Waals surface area contributed by atoms with Crippen LogP contribution < -0.4 is 5.56 Å². The van der Waals surface area contributed by atoms with Gasteiger partial charge in [0.2, 0.25) is 0 Å². The van der Waals surface area contributed by atoms with Crippen molar-refractivity contribution in [1.29, 1.82) is 0 Å². The molecule has 0 radical (unpaired) electrons. The third-order valence-corrected chi connectivity index (χ3v) is 7.11. The minimum atomic E-state index is -0.205. The minimum absolute atomic E-state index is 0.0976. The van der Waals surface area contributed by atoms with Crippen molar-refractivity contribution in [2.24, 2.45) is 13.0 Å². The van der Waals surface area contributed by atoms with Crippen molar-refractivity contribution in [2.75, 3.05) is 19.6 Å². The predicted octanol–water partition coefficient (Wildman–Crippen LogP) is 2.40. The number of hydrogen-bond acceptors (Lipinski definition) is 3. The highest BCUT2D eigenvalue weighted by atomic mass is 16.2. The first-order chi connectivity index (χ1) is 13.5. The molecule has 1 amide bonds. The Labute approximate surface area is 165 Å². The standard InChI is InChI=1S/C23H27N3O2/c1-15-5-7-16(8-6-15)19-14-26(20-17-9-12-25(13-10-17)21(19)20)23(28)18-4-3-11-24(2)22(18)27/h3-8,11,17,19-21H,9-10,12-14H2,1-2H3/t19-,20+,21+/m0/s1. The van der Waals surface area contributed by atoms with Gasteiger partial charge in [0.15, 0.2) is 0 Å². The molecule has 28 heavy (non-hydrogen) atoms. The summed E-state index contributed by atoms with van der Waals surface area (Å²) in [6, 6.07) is 12.8. The molecule has 4 aliphatic rings. The predicted molar refractivity (Wildman–Crippen MR) is 109 cm³/mol. The lowest BCUT2D eigenvalue weighted by molar-refractivity contribution is -0.00347. The fraction of sp³-hybridized carbons (Fsp3) is 0.478. The van der Waals surface area contributed by atoms with Crippen molar-refractivity contribution in [3.63, 3.8) is 0 Å². The molecule has 2 aromatic rings. The smallest absolute Gasteiger partial charge is 0.263 e. The van der Waals surface area contributed by atoms with Crippen molar-refractivity contribution in [2.45, 2.75) is 37.8 Å². The van der Waals surface area contributed by atoms with E-state index in [-0.39, 0.29) is 17.5 Å². The minimum Gasteiger partial charge on any atom is -0.333 e. The fourth-order valence-electron chi connectivity index (χ4n) is 5.68. The number of nitrogens with zero attached hydrogens (tertiary/aromatic N) is 3. The zero-order valence-corrected chi connectivity index (χ0v) is 16.5. The van der Waals surface area contributed by atoms with Gasteiger partial charge in [-0.1, -0.05) is 29.8 Å². The van der Waals surface area contributed by atoms with Gasteiger partial charge in [0, 0.05) is 31.7 Å². The fourth-order valence-corrected chi connectivity index (χ4v) is 5.68. The topological polar surface area (TPSA) is 45.6 Å². The molecule has 0 saturated carbocycles. The number of hydrogen-bond donors (Lipinski definition) is 0. The molecule has 5 heteroatoms. The van der Waals surface area contributed by atoms with Gasteiger partial charge in [0.1, 0.15) is 5.56 Å². The maximum absolute atomic E-state index is 13.5. The van der Waals surface area contributed by atoms with Crippen LogP contribution in [0.3, 0.4) is 0 Å². The zero-order chi connectivity index (χ0) is 19.4. The second-order valence-corrected chi connectivity index (χ2v) is 8.67. The molecule has 4 saturated heterocycles. The van der Waals surface area contributed by atoms with Gasteiger partial charge < -0.3 is 9.47 Å². The Morgan fingerprint density at radius 2 is 1.75 bits per heavy atom. The highest BCUT2D eigenvalue weighted by Crippen LogP contribution is 2.46. The van der Waals surface area contributed by atoms with E-state index in [9.17, 15) is 9.59 Å². The molecule has 0 N–H and O–H groups in total. The van der Waals surface area contributed by atoms with Gasteiger partial charge in [-0.2, -0.15) is 0 Å². The third kappa shape index (κ3) is 2.64. The van der Waals surface area contributed by atoms with Crippen LogP contribution in [0.1, 0.15) is 40.2 Å². The van der Waals surface area contributed by atoms with E-state index in [1.807, 2.05) is 4.90 Å². The second kappa shape index (κ2) is 6.59. The zero-order valence-electron chi connectivity index (χ0n) is 16.5. The first-order valence-corrected chi connectivity index (χ1v) is 10.3. The van der Waals surface area contributed by atoms with Crippen molar-refractivity contribution in [3.8, 4) is 0 Å². The molecule has 6 rings (SSSR count). The number of aromatic nitrogens is 1. The van der Waals surface area contributed by atoms with E-state index in [0.29, 0.717) is 30.0 Å². The van der Waals surface area contributed by atoms with E-state index in [2.05, 4.69) is 36.1 Å². The molecular formula is C23H27N3O2. The van der Waals surface area contributed by atoms with Gasteiger partial charge in [-0.25, -0.2) is 0 Å². The number of fused-ring (bicyclic) bond motifs is 2. The highest BCUT2D eigenvalue weighted by molar-refractivity contribution is 5.94. The summed E-state index contributed by atoms with van der Waals surface area (Å²) in [6.45, 7) is 5.06. The Balaban J connectivity index is 1.55. The Bertz CT molecular complexity index is 957. The van der Waals surface area contributed by atoms with Crippen LogP contribution in [0.15, 0.2) is 47.4 Å². The van der Waals surface area contributed by atoms with E-state index in [1.54, 1.807) is 25.4 Å². The van der Waals surface area contributed by atoms with Crippen LogP contribution in [-0.4, -0.2) is 52.0 Å². The van der Waals surface area contributed by atoms with E-state index in [4.69, 9.17) is 0 Å². The number of carbonyl (C=O) groups is 1. The number of carbonyl (C=O) groups excluding carboxylic acids is 1. The first-order valence-electron chi connectivity index (χ1n) is 10.3. The SMILES string of the molecule is Cc1ccc([C@@H]2CN(C(=O)c3cccn(C)c3=O)[C@@H]3C4CCN(CC4)[C@@H]32)cc1. The molecule has 3 atom stereocenters. The number of amides is 1. The summed E-state index contributed by atoms with van der Waals surface area (Å²) in [5, 5.41) is 0. The third-order valence-electron chi connectivity index (χ3n) is 7.11. The molecule has 1 aromatic carbocycles. The Kier molecular flexibility index (Phi) is 4.16. The van der Waals surface area contributed by atoms with Gasteiger partial charge in [-0.3, -0.25) is 14.5 Å². The molecule has 2 bridgehead atoms. The largest absolute Gasteiger partial charge is 0.333 e. The van der Waals surface area contributed by atoms with E-state index < -0.39 is 0 Å². The molecule has 5 nitrogen and oxygen atoms in total. The average Bonchev–Trinajstić information content (AvgIpc) is 3.14. The maximum Gasteiger partial charge on any atom is 0.263 e. The molecule has 5 heterocycles. The Morgan fingerprint density at radius 3 is 2.46 bits per heavy atom. The van der Waals surface area contributed by atoms with Crippen LogP contribution >= 0.6 is 0 Å². The lowest BCUT2D eigenvalue weighted by Crippen LogP contribution is -2.61. The molecule has 0 unspecified atom stereocenters. The van der Waals surface area contributed by atoms with Crippen molar-refractivity contribution >= 4 is 5.91 Å². The molecular weight excluding hydrogens is 350 g/mol. The summed E-state index contributed by atoms with van der Waals surface area (Å²) in [7, 11) is 1.70. The molecule has 0 spiro atoms. The van der Waals surface area contributed by atoms with Crippen LogP contribution in [0.4, 0.5) is 0 Å². The van der Waals surface area contributed by atoms with Crippen LogP contribution in [0.25, 0.3) is 0 Å². The van der Waals surface area contributed by atoms with Crippen LogP contribution in [-0.2, 0) is 7.05 Å². The summed E-state index contributed by atoms with van der Waals surface area (Å²) in [4.78, 5) is 30.7. The van der Waals surface area contributed by atoms with Gasteiger partial charge in [0.25, 0.3) is 11.5 Å². The van der Waals surface area contributed by atoms with E-state index >= 15 is 0 Å². The lowest BCUT2D eigenvalue weighted by Gasteiger charge is -2.51. The van der Waals surface area contributed by atoms with Gasteiger partial charge in [-0.15, -0.1) is 0 Å². The monoisotopic (exact) mass is 377 g/mol. The van der Waals surface area contributed by atoms with Crippen LogP contribution in [0, 0.1) is 12.8 Å². The Hall–Kier alpha value is -2.40. The molecule has 1 aromatic heterocycles. The van der Waals surface area contributed by atoms with Gasteiger partial charge in [-0.05, 0) is 56.5 Å². The first kappa shape index (κ1) is 17.7.